The molecule has 0 saturated carbocycles. The van der Waals surface area contributed by atoms with Crippen LogP contribution in [-0.2, 0) is 0 Å². The fraction of sp³-hybridized carbons (Fsp3) is 0.300. The molecule has 29 heavy (non-hydrogen) atoms. The highest BCUT2D eigenvalue weighted by Gasteiger charge is 2.23. The van der Waals surface area contributed by atoms with Crippen LogP contribution in [0.25, 0.3) is 10.9 Å². The molecule has 4 rings (SSSR count). The Morgan fingerprint density at radius 3 is 2.90 bits per heavy atom. The topological polar surface area (TPSA) is 74.7 Å². The zero-order chi connectivity index (χ0) is 20.4. The van der Waals surface area contributed by atoms with Crippen LogP contribution in [0, 0.1) is 5.82 Å². The SMILES string of the molecule is CC(C)Oc1cc(OCCCl)cc2ncnc(Nc3c(F)ccc4c3OCO4)c12. The van der Waals surface area contributed by atoms with E-state index in [2.05, 4.69) is 15.3 Å². The number of ether oxygens (including phenoxy) is 4. The van der Waals surface area contributed by atoms with E-state index in [9.17, 15) is 4.39 Å². The van der Waals surface area contributed by atoms with Gasteiger partial charge in [0.15, 0.2) is 17.3 Å². The molecule has 1 aliphatic heterocycles. The fourth-order valence-electron chi connectivity index (χ4n) is 2.99. The summed E-state index contributed by atoms with van der Waals surface area (Å²) in [6, 6.07) is 6.33. The highest BCUT2D eigenvalue weighted by molar-refractivity contribution is 6.18. The normalized spacial score (nSPS) is 12.4. The lowest BCUT2D eigenvalue weighted by atomic mass is 10.2. The Balaban J connectivity index is 1.82. The highest BCUT2D eigenvalue weighted by Crippen LogP contribution is 2.43. The van der Waals surface area contributed by atoms with E-state index in [0.29, 0.717) is 52.2 Å². The predicted molar refractivity (Wildman–Crippen MR) is 107 cm³/mol. The van der Waals surface area contributed by atoms with Crippen LogP contribution in [0.15, 0.2) is 30.6 Å². The summed E-state index contributed by atoms with van der Waals surface area (Å²) in [5, 5.41) is 3.61. The van der Waals surface area contributed by atoms with Gasteiger partial charge >= 0.3 is 0 Å². The second kappa shape index (κ2) is 8.16. The number of alkyl halides is 1. The van der Waals surface area contributed by atoms with Crippen molar-refractivity contribution >= 4 is 34.0 Å². The van der Waals surface area contributed by atoms with Crippen LogP contribution in [0.5, 0.6) is 23.0 Å². The van der Waals surface area contributed by atoms with Crippen molar-refractivity contribution in [3.8, 4) is 23.0 Å². The van der Waals surface area contributed by atoms with E-state index in [1.807, 2.05) is 13.8 Å². The quantitative estimate of drug-likeness (QED) is 0.559. The standard InChI is InChI=1S/C20H19ClFN3O4/c1-11(2)29-16-8-12(26-6-5-21)7-14-17(16)20(24-9-23-14)25-18-13(22)3-4-15-19(18)28-10-27-15/h3-4,7-9,11H,5-6,10H2,1-2H3,(H,23,24,25). The summed E-state index contributed by atoms with van der Waals surface area (Å²) in [4.78, 5) is 8.62. The number of hydrogen-bond donors (Lipinski definition) is 1. The molecule has 0 saturated heterocycles. The van der Waals surface area contributed by atoms with Crippen LogP contribution >= 0.6 is 11.6 Å². The van der Waals surface area contributed by atoms with Crippen molar-refractivity contribution in [2.24, 2.45) is 0 Å². The zero-order valence-electron chi connectivity index (χ0n) is 15.9. The summed E-state index contributed by atoms with van der Waals surface area (Å²) in [6.07, 6.45) is 1.28. The van der Waals surface area contributed by atoms with Crippen molar-refractivity contribution in [1.29, 1.82) is 0 Å². The van der Waals surface area contributed by atoms with Gasteiger partial charge in [0.2, 0.25) is 6.79 Å². The molecule has 0 bridgehead atoms. The number of benzene rings is 2. The summed E-state index contributed by atoms with van der Waals surface area (Å²) in [7, 11) is 0. The first-order chi connectivity index (χ1) is 14.1. The summed E-state index contributed by atoms with van der Waals surface area (Å²) >= 11 is 5.72. The molecular weight excluding hydrogens is 401 g/mol. The molecule has 2 heterocycles. The number of halogens is 2. The second-order valence-corrected chi connectivity index (χ2v) is 6.90. The Bertz CT molecular complexity index is 1050. The highest BCUT2D eigenvalue weighted by atomic mass is 35.5. The molecular formula is C20H19ClFN3O4. The van der Waals surface area contributed by atoms with E-state index in [1.54, 1.807) is 12.1 Å². The van der Waals surface area contributed by atoms with Crippen molar-refractivity contribution in [3.63, 3.8) is 0 Å². The molecule has 0 spiro atoms. The molecule has 1 N–H and O–H groups in total. The van der Waals surface area contributed by atoms with Gasteiger partial charge in [-0.2, -0.15) is 0 Å². The van der Waals surface area contributed by atoms with Gasteiger partial charge in [0.05, 0.1) is 22.9 Å². The predicted octanol–water partition coefficient (Wildman–Crippen LogP) is 4.65. The Hall–Kier alpha value is -3.00. The maximum Gasteiger partial charge on any atom is 0.231 e. The summed E-state index contributed by atoms with van der Waals surface area (Å²) in [5.74, 6) is 2.08. The van der Waals surface area contributed by atoms with E-state index < -0.39 is 5.82 Å². The van der Waals surface area contributed by atoms with E-state index in [0.717, 1.165) is 0 Å². The Morgan fingerprint density at radius 1 is 1.24 bits per heavy atom. The molecule has 152 valence electrons. The smallest absolute Gasteiger partial charge is 0.231 e. The van der Waals surface area contributed by atoms with Crippen molar-refractivity contribution in [2.45, 2.75) is 20.0 Å². The maximum absolute atomic E-state index is 14.5. The number of hydrogen-bond acceptors (Lipinski definition) is 7. The van der Waals surface area contributed by atoms with Crippen molar-refractivity contribution in [1.82, 2.24) is 9.97 Å². The monoisotopic (exact) mass is 419 g/mol. The first-order valence-corrected chi connectivity index (χ1v) is 9.59. The van der Waals surface area contributed by atoms with E-state index in [1.165, 1.54) is 18.5 Å². The molecule has 1 aliphatic rings. The maximum atomic E-state index is 14.5. The van der Waals surface area contributed by atoms with Gasteiger partial charge in [-0.15, -0.1) is 11.6 Å². The largest absolute Gasteiger partial charge is 0.492 e. The summed E-state index contributed by atoms with van der Waals surface area (Å²) in [5.41, 5.74) is 0.716. The van der Waals surface area contributed by atoms with Gasteiger partial charge in [0.25, 0.3) is 0 Å². The zero-order valence-corrected chi connectivity index (χ0v) is 16.6. The van der Waals surface area contributed by atoms with E-state index >= 15 is 0 Å². The third-order valence-electron chi connectivity index (χ3n) is 4.12. The number of nitrogens with zero attached hydrogens (tertiary/aromatic N) is 2. The molecule has 0 radical (unpaired) electrons. The first kappa shape index (κ1) is 19.3. The van der Waals surface area contributed by atoms with Crippen LogP contribution < -0.4 is 24.3 Å². The number of aromatic nitrogens is 2. The second-order valence-electron chi connectivity index (χ2n) is 6.52. The lowest BCUT2D eigenvalue weighted by Gasteiger charge is -2.17. The van der Waals surface area contributed by atoms with Gasteiger partial charge in [-0.1, -0.05) is 0 Å². The van der Waals surface area contributed by atoms with E-state index in [4.69, 9.17) is 30.5 Å². The molecule has 0 amide bonds. The minimum absolute atomic E-state index is 0.0287. The molecule has 0 atom stereocenters. The average molecular weight is 420 g/mol. The van der Waals surface area contributed by atoms with Crippen molar-refractivity contribution < 1.29 is 23.3 Å². The van der Waals surface area contributed by atoms with Gasteiger partial charge in [-0.3, -0.25) is 0 Å². The summed E-state index contributed by atoms with van der Waals surface area (Å²) in [6.45, 7) is 4.19. The molecule has 0 unspecified atom stereocenters. The van der Waals surface area contributed by atoms with E-state index in [-0.39, 0.29) is 18.6 Å². The number of anilines is 2. The third kappa shape index (κ3) is 3.93. The average Bonchev–Trinajstić information content (AvgIpc) is 3.17. The fourth-order valence-corrected chi connectivity index (χ4v) is 3.07. The molecule has 9 heteroatoms. The first-order valence-electron chi connectivity index (χ1n) is 9.06. The van der Waals surface area contributed by atoms with Crippen LogP contribution in [0.4, 0.5) is 15.9 Å². The lowest BCUT2D eigenvalue weighted by Crippen LogP contribution is -2.08. The molecule has 2 aromatic carbocycles. The lowest BCUT2D eigenvalue weighted by molar-refractivity contribution is 0.174. The Kier molecular flexibility index (Phi) is 5.44. The minimum Gasteiger partial charge on any atom is -0.492 e. The molecule has 7 nitrogen and oxygen atoms in total. The van der Waals surface area contributed by atoms with Crippen LogP contribution in [0.2, 0.25) is 0 Å². The molecule has 0 aliphatic carbocycles. The Morgan fingerprint density at radius 2 is 2.10 bits per heavy atom. The molecule has 1 aromatic heterocycles. The van der Waals surface area contributed by atoms with Crippen LogP contribution in [0.3, 0.4) is 0 Å². The van der Waals surface area contributed by atoms with Crippen LogP contribution in [0.1, 0.15) is 13.8 Å². The molecule has 3 aromatic rings. The van der Waals surface area contributed by atoms with Gasteiger partial charge in [0.1, 0.15) is 35.9 Å². The van der Waals surface area contributed by atoms with Crippen LogP contribution in [-0.4, -0.2) is 35.4 Å². The van der Waals surface area contributed by atoms with Gasteiger partial charge < -0.3 is 24.3 Å². The number of nitrogens with one attached hydrogen (secondary N) is 1. The van der Waals surface area contributed by atoms with Crippen molar-refractivity contribution in [3.05, 3.63) is 36.4 Å². The Labute approximate surface area is 171 Å². The number of fused-ring (bicyclic) bond motifs is 2. The molecule has 0 fully saturated rings. The summed E-state index contributed by atoms with van der Waals surface area (Å²) < 4.78 is 36.9. The van der Waals surface area contributed by atoms with Gasteiger partial charge in [0, 0.05) is 12.1 Å². The van der Waals surface area contributed by atoms with Crippen molar-refractivity contribution in [2.75, 3.05) is 24.6 Å². The third-order valence-corrected chi connectivity index (χ3v) is 4.27. The van der Waals surface area contributed by atoms with Gasteiger partial charge in [-0.05, 0) is 26.0 Å². The minimum atomic E-state index is -0.491. The van der Waals surface area contributed by atoms with Gasteiger partial charge in [-0.25, -0.2) is 14.4 Å². The number of rotatable bonds is 7.